The van der Waals surface area contributed by atoms with Gasteiger partial charge in [0.2, 0.25) is 0 Å². The molecule has 0 aliphatic heterocycles. The van der Waals surface area contributed by atoms with Gasteiger partial charge in [-0.15, -0.1) is 11.3 Å². The Hall–Kier alpha value is -2.66. The molecule has 1 aromatic heterocycles. The number of carbonyl (C=O) groups excluding carboxylic acids is 1. The quantitative estimate of drug-likeness (QED) is 0.763. The third kappa shape index (κ3) is 3.63. The van der Waals surface area contributed by atoms with Crippen LogP contribution in [0.5, 0.6) is 5.75 Å². The molecule has 3 rings (SSSR count). The molecule has 0 unspecified atom stereocenters. The van der Waals surface area contributed by atoms with Crippen LogP contribution in [0.25, 0.3) is 10.6 Å². The molecule has 0 spiro atoms. The summed E-state index contributed by atoms with van der Waals surface area (Å²) in [6.07, 6.45) is 0. The van der Waals surface area contributed by atoms with Gasteiger partial charge in [-0.1, -0.05) is 36.4 Å². The van der Waals surface area contributed by atoms with Crippen molar-refractivity contribution in [2.75, 3.05) is 7.11 Å². The van der Waals surface area contributed by atoms with Crippen LogP contribution in [0.15, 0.2) is 53.9 Å². The molecule has 24 heavy (non-hydrogen) atoms. The van der Waals surface area contributed by atoms with Gasteiger partial charge in [-0.25, -0.2) is 4.98 Å². The normalized spacial score (nSPS) is 10.4. The number of aromatic nitrogens is 1. The SMILES string of the molecule is COc1cc(C(=O)NCc2csc(-c3ccccc3)n2)ccc1C. The van der Waals surface area contributed by atoms with Crippen LogP contribution in [0.1, 0.15) is 21.6 Å². The summed E-state index contributed by atoms with van der Waals surface area (Å²) in [6, 6.07) is 15.4. The van der Waals surface area contributed by atoms with Gasteiger partial charge in [-0.05, 0) is 24.6 Å². The number of thiazole rings is 1. The van der Waals surface area contributed by atoms with E-state index in [1.807, 2.05) is 48.7 Å². The van der Waals surface area contributed by atoms with E-state index in [0.717, 1.165) is 21.8 Å². The molecule has 0 saturated carbocycles. The molecule has 0 saturated heterocycles. The highest BCUT2D eigenvalue weighted by molar-refractivity contribution is 7.13. The summed E-state index contributed by atoms with van der Waals surface area (Å²) in [5, 5.41) is 5.83. The zero-order valence-electron chi connectivity index (χ0n) is 13.6. The first kappa shape index (κ1) is 16.2. The van der Waals surface area contributed by atoms with E-state index in [-0.39, 0.29) is 5.91 Å². The van der Waals surface area contributed by atoms with Gasteiger partial charge in [-0.3, -0.25) is 4.79 Å². The van der Waals surface area contributed by atoms with Crippen molar-refractivity contribution in [2.24, 2.45) is 0 Å². The fourth-order valence-electron chi connectivity index (χ4n) is 2.34. The van der Waals surface area contributed by atoms with Gasteiger partial charge in [0.15, 0.2) is 0 Å². The molecule has 2 aromatic carbocycles. The number of amides is 1. The van der Waals surface area contributed by atoms with Crippen molar-refractivity contribution in [1.82, 2.24) is 10.3 Å². The van der Waals surface area contributed by atoms with E-state index in [9.17, 15) is 4.79 Å². The highest BCUT2D eigenvalue weighted by atomic mass is 32.1. The summed E-state index contributed by atoms with van der Waals surface area (Å²) in [4.78, 5) is 16.9. The number of methoxy groups -OCH3 is 1. The van der Waals surface area contributed by atoms with Crippen LogP contribution in [-0.2, 0) is 6.54 Å². The minimum absolute atomic E-state index is 0.137. The molecule has 0 bridgehead atoms. The van der Waals surface area contributed by atoms with Gasteiger partial charge in [0.1, 0.15) is 10.8 Å². The van der Waals surface area contributed by atoms with E-state index in [4.69, 9.17) is 4.74 Å². The first-order chi connectivity index (χ1) is 11.7. The van der Waals surface area contributed by atoms with Crippen molar-refractivity contribution in [2.45, 2.75) is 13.5 Å². The maximum atomic E-state index is 12.3. The summed E-state index contributed by atoms with van der Waals surface area (Å²) in [7, 11) is 1.60. The number of hydrogen-bond acceptors (Lipinski definition) is 4. The molecule has 4 nitrogen and oxygen atoms in total. The average Bonchev–Trinajstić information content (AvgIpc) is 3.10. The third-order valence-electron chi connectivity index (χ3n) is 3.67. The predicted molar refractivity (Wildman–Crippen MR) is 96.5 cm³/mol. The van der Waals surface area contributed by atoms with Crippen LogP contribution < -0.4 is 10.1 Å². The lowest BCUT2D eigenvalue weighted by molar-refractivity contribution is 0.0950. The Labute approximate surface area is 145 Å². The maximum Gasteiger partial charge on any atom is 0.251 e. The molecular formula is C19H18N2O2S. The first-order valence-electron chi connectivity index (χ1n) is 7.60. The molecule has 0 atom stereocenters. The van der Waals surface area contributed by atoms with E-state index in [1.165, 1.54) is 0 Å². The van der Waals surface area contributed by atoms with Gasteiger partial charge >= 0.3 is 0 Å². The Balaban J connectivity index is 1.66. The van der Waals surface area contributed by atoms with Crippen LogP contribution in [-0.4, -0.2) is 18.0 Å². The number of ether oxygens (including phenoxy) is 1. The number of hydrogen-bond donors (Lipinski definition) is 1. The molecule has 1 N–H and O–H groups in total. The Bertz CT molecular complexity index is 844. The zero-order chi connectivity index (χ0) is 16.9. The summed E-state index contributed by atoms with van der Waals surface area (Å²) in [5.74, 6) is 0.574. The molecule has 0 radical (unpaired) electrons. The minimum Gasteiger partial charge on any atom is -0.496 e. The molecule has 3 aromatic rings. The molecule has 1 amide bonds. The summed E-state index contributed by atoms with van der Waals surface area (Å²) >= 11 is 1.58. The molecule has 0 aliphatic carbocycles. The fourth-order valence-corrected chi connectivity index (χ4v) is 3.16. The number of aryl methyl sites for hydroxylation is 1. The smallest absolute Gasteiger partial charge is 0.251 e. The highest BCUT2D eigenvalue weighted by Crippen LogP contribution is 2.23. The van der Waals surface area contributed by atoms with Crippen LogP contribution in [0.2, 0.25) is 0 Å². The Kier molecular flexibility index (Phi) is 4.91. The monoisotopic (exact) mass is 338 g/mol. The number of benzene rings is 2. The lowest BCUT2D eigenvalue weighted by Gasteiger charge is -2.08. The van der Waals surface area contributed by atoms with Crippen molar-refractivity contribution in [3.05, 3.63) is 70.7 Å². The largest absolute Gasteiger partial charge is 0.496 e. The second-order valence-electron chi connectivity index (χ2n) is 5.38. The predicted octanol–water partition coefficient (Wildman–Crippen LogP) is 4.06. The fraction of sp³-hybridized carbons (Fsp3) is 0.158. The number of rotatable bonds is 5. The van der Waals surface area contributed by atoms with Crippen molar-refractivity contribution in [3.63, 3.8) is 0 Å². The van der Waals surface area contributed by atoms with Gasteiger partial charge < -0.3 is 10.1 Å². The lowest BCUT2D eigenvalue weighted by atomic mass is 10.1. The second-order valence-corrected chi connectivity index (χ2v) is 6.24. The zero-order valence-corrected chi connectivity index (χ0v) is 14.4. The van der Waals surface area contributed by atoms with Crippen molar-refractivity contribution < 1.29 is 9.53 Å². The Morgan fingerprint density at radius 2 is 2.00 bits per heavy atom. The standard InChI is InChI=1S/C19H18N2O2S/c1-13-8-9-15(10-17(13)23-2)18(22)20-11-16-12-24-19(21-16)14-6-4-3-5-7-14/h3-10,12H,11H2,1-2H3,(H,20,22). The molecule has 122 valence electrons. The van der Waals surface area contributed by atoms with E-state index >= 15 is 0 Å². The minimum atomic E-state index is -0.137. The van der Waals surface area contributed by atoms with E-state index in [2.05, 4.69) is 10.3 Å². The van der Waals surface area contributed by atoms with Crippen molar-refractivity contribution >= 4 is 17.2 Å². The number of carbonyl (C=O) groups is 1. The molecular weight excluding hydrogens is 320 g/mol. The first-order valence-corrected chi connectivity index (χ1v) is 8.48. The summed E-state index contributed by atoms with van der Waals surface area (Å²) in [6.45, 7) is 2.35. The Morgan fingerprint density at radius 3 is 2.75 bits per heavy atom. The van der Waals surface area contributed by atoms with Crippen LogP contribution in [0, 0.1) is 6.92 Å². The van der Waals surface area contributed by atoms with Gasteiger partial charge in [0.05, 0.1) is 19.3 Å². The number of nitrogens with one attached hydrogen (secondary N) is 1. The summed E-state index contributed by atoms with van der Waals surface area (Å²) in [5.41, 5.74) is 3.52. The molecule has 0 fully saturated rings. The summed E-state index contributed by atoms with van der Waals surface area (Å²) < 4.78 is 5.26. The highest BCUT2D eigenvalue weighted by Gasteiger charge is 2.10. The van der Waals surface area contributed by atoms with Crippen molar-refractivity contribution in [1.29, 1.82) is 0 Å². The average molecular weight is 338 g/mol. The third-order valence-corrected chi connectivity index (χ3v) is 4.61. The molecule has 1 heterocycles. The number of nitrogens with zero attached hydrogens (tertiary/aromatic N) is 1. The van der Waals surface area contributed by atoms with Gasteiger partial charge in [-0.2, -0.15) is 0 Å². The van der Waals surface area contributed by atoms with Crippen LogP contribution in [0.3, 0.4) is 0 Å². The molecule has 5 heteroatoms. The molecule has 0 aliphatic rings. The van der Waals surface area contributed by atoms with Crippen LogP contribution in [0.4, 0.5) is 0 Å². The lowest BCUT2D eigenvalue weighted by Crippen LogP contribution is -2.23. The van der Waals surface area contributed by atoms with E-state index in [1.54, 1.807) is 30.6 Å². The Morgan fingerprint density at radius 1 is 1.21 bits per heavy atom. The second kappa shape index (κ2) is 7.27. The van der Waals surface area contributed by atoms with Crippen molar-refractivity contribution in [3.8, 4) is 16.3 Å². The van der Waals surface area contributed by atoms with E-state index in [0.29, 0.717) is 17.9 Å². The maximum absolute atomic E-state index is 12.3. The topological polar surface area (TPSA) is 51.2 Å². The van der Waals surface area contributed by atoms with Gasteiger partial charge in [0.25, 0.3) is 5.91 Å². The van der Waals surface area contributed by atoms with E-state index < -0.39 is 0 Å². The van der Waals surface area contributed by atoms with Crippen LogP contribution >= 0.6 is 11.3 Å². The van der Waals surface area contributed by atoms with Gasteiger partial charge in [0, 0.05) is 16.5 Å².